The number of hydrazone groups is 1. The van der Waals surface area contributed by atoms with Crippen molar-refractivity contribution in [3.63, 3.8) is 0 Å². The number of carbonyl (C=O) groups is 2. The SMILES string of the molecule is Cn1cc(-c2[nH]c3cc(NC(=O)CC4(N)CCCCC4)cc4c3c2C=NNC4=O)cn1. The lowest BCUT2D eigenvalue weighted by molar-refractivity contribution is -0.117. The molecule has 0 bridgehead atoms. The summed E-state index contributed by atoms with van der Waals surface area (Å²) in [5.41, 5.74) is 12.8. The molecule has 5 rings (SSSR count). The van der Waals surface area contributed by atoms with Crippen molar-refractivity contribution in [1.82, 2.24) is 20.2 Å². The van der Waals surface area contributed by atoms with Crippen molar-refractivity contribution in [2.24, 2.45) is 17.9 Å². The van der Waals surface area contributed by atoms with Crippen LogP contribution < -0.4 is 16.5 Å². The minimum Gasteiger partial charge on any atom is -0.354 e. The summed E-state index contributed by atoms with van der Waals surface area (Å²) >= 11 is 0. The van der Waals surface area contributed by atoms with Crippen LogP contribution in [0.15, 0.2) is 29.6 Å². The maximum absolute atomic E-state index is 12.7. The molecule has 1 fully saturated rings. The molecule has 0 radical (unpaired) electrons. The van der Waals surface area contributed by atoms with E-state index < -0.39 is 5.54 Å². The summed E-state index contributed by atoms with van der Waals surface area (Å²) in [5.74, 6) is -0.462. The largest absolute Gasteiger partial charge is 0.354 e. The number of aromatic amines is 1. The Morgan fingerprint density at radius 1 is 1.29 bits per heavy atom. The molecule has 0 atom stereocenters. The summed E-state index contributed by atoms with van der Waals surface area (Å²) in [6.45, 7) is 0. The normalized spacial score (nSPS) is 17.4. The fourth-order valence-electron chi connectivity index (χ4n) is 4.69. The Balaban J connectivity index is 1.52. The van der Waals surface area contributed by atoms with Gasteiger partial charge in [-0.05, 0) is 25.0 Å². The van der Waals surface area contributed by atoms with Gasteiger partial charge in [0.2, 0.25) is 5.91 Å². The van der Waals surface area contributed by atoms with Gasteiger partial charge in [0.05, 0.1) is 23.7 Å². The van der Waals surface area contributed by atoms with Crippen molar-refractivity contribution in [1.29, 1.82) is 0 Å². The Morgan fingerprint density at radius 2 is 2.10 bits per heavy atom. The summed E-state index contributed by atoms with van der Waals surface area (Å²) < 4.78 is 1.71. The second-order valence-corrected chi connectivity index (χ2v) is 8.61. The van der Waals surface area contributed by atoms with Gasteiger partial charge >= 0.3 is 0 Å². The van der Waals surface area contributed by atoms with Gasteiger partial charge in [0.25, 0.3) is 5.91 Å². The van der Waals surface area contributed by atoms with E-state index in [0.717, 1.165) is 53.4 Å². The van der Waals surface area contributed by atoms with Crippen LogP contribution in [-0.4, -0.2) is 38.3 Å². The number of anilines is 1. The molecule has 1 aromatic carbocycles. The van der Waals surface area contributed by atoms with Crippen molar-refractivity contribution in [2.75, 3.05) is 5.32 Å². The number of amides is 2. The second-order valence-electron chi connectivity index (χ2n) is 8.61. The van der Waals surface area contributed by atoms with Gasteiger partial charge in [-0.3, -0.25) is 14.3 Å². The van der Waals surface area contributed by atoms with Crippen LogP contribution in [0.1, 0.15) is 54.4 Å². The van der Waals surface area contributed by atoms with Crippen molar-refractivity contribution < 1.29 is 9.59 Å². The third-order valence-electron chi connectivity index (χ3n) is 6.18. The topological polar surface area (TPSA) is 130 Å². The number of nitrogens with two attached hydrogens (primary N) is 1. The number of carbonyl (C=O) groups excluding carboxylic acids is 2. The Bertz CT molecular complexity index is 1210. The fraction of sp³-hybridized carbons (Fsp3) is 0.364. The molecule has 2 aromatic heterocycles. The number of aromatic nitrogens is 3. The third-order valence-corrected chi connectivity index (χ3v) is 6.18. The highest BCUT2D eigenvalue weighted by Gasteiger charge is 2.30. The zero-order valence-electron chi connectivity index (χ0n) is 17.4. The van der Waals surface area contributed by atoms with Crippen LogP contribution >= 0.6 is 0 Å². The number of rotatable bonds is 4. The predicted octanol–water partition coefficient (Wildman–Crippen LogP) is 2.64. The molecule has 9 nitrogen and oxygen atoms in total. The number of H-pyrrole nitrogens is 1. The highest BCUT2D eigenvalue weighted by molar-refractivity contribution is 6.18. The van der Waals surface area contributed by atoms with Crippen LogP contribution in [0.4, 0.5) is 5.69 Å². The van der Waals surface area contributed by atoms with Crippen LogP contribution in [0.25, 0.3) is 22.2 Å². The molecule has 1 aliphatic heterocycles. The van der Waals surface area contributed by atoms with Crippen molar-refractivity contribution >= 4 is 34.6 Å². The van der Waals surface area contributed by atoms with Gasteiger partial charge in [-0.2, -0.15) is 10.2 Å². The molecule has 1 aliphatic carbocycles. The van der Waals surface area contributed by atoms with Gasteiger partial charge in [-0.15, -0.1) is 0 Å². The molecule has 0 saturated heterocycles. The van der Waals surface area contributed by atoms with E-state index in [1.54, 1.807) is 23.2 Å². The van der Waals surface area contributed by atoms with Crippen LogP contribution in [0.3, 0.4) is 0 Å². The first-order valence-corrected chi connectivity index (χ1v) is 10.5. The minimum absolute atomic E-state index is 0.138. The standard InChI is InChI=1S/C22H25N7O2/c1-29-12-13(10-25-29)20-16-11-24-28-21(31)15-7-14(8-17(27-20)19(15)16)26-18(30)9-22(23)5-3-2-4-6-22/h7-8,10-12,27H,2-6,9,23H2,1H3,(H,26,30)(H,28,31). The molecule has 2 amide bonds. The summed E-state index contributed by atoms with van der Waals surface area (Å²) in [7, 11) is 1.85. The van der Waals surface area contributed by atoms with Gasteiger partial charge in [0, 0.05) is 52.9 Å². The number of nitrogens with one attached hydrogen (secondary N) is 3. The highest BCUT2D eigenvalue weighted by atomic mass is 16.2. The Kier molecular flexibility index (Phi) is 4.62. The monoisotopic (exact) mass is 419 g/mol. The number of benzene rings is 1. The van der Waals surface area contributed by atoms with E-state index in [-0.39, 0.29) is 18.2 Å². The quantitative estimate of drug-likeness (QED) is 0.518. The fourth-order valence-corrected chi connectivity index (χ4v) is 4.69. The molecule has 3 aromatic rings. The lowest BCUT2D eigenvalue weighted by Gasteiger charge is -2.32. The molecule has 2 aliphatic rings. The van der Waals surface area contributed by atoms with Crippen LogP contribution in [0.5, 0.6) is 0 Å². The summed E-state index contributed by atoms with van der Waals surface area (Å²) in [5, 5.41) is 12.0. The average molecular weight is 419 g/mol. The zero-order valence-corrected chi connectivity index (χ0v) is 17.4. The van der Waals surface area contributed by atoms with E-state index in [1.165, 1.54) is 6.42 Å². The Hall–Kier alpha value is -3.46. The molecule has 1 saturated carbocycles. The molecule has 9 heteroatoms. The van der Waals surface area contributed by atoms with Crippen LogP contribution in [0, 0.1) is 0 Å². The maximum Gasteiger partial charge on any atom is 0.272 e. The summed E-state index contributed by atoms with van der Waals surface area (Å²) in [6.07, 6.45) is 10.6. The average Bonchev–Trinajstić information content (AvgIpc) is 3.26. The minimum atomic E-state index is -0.448. The first kappa shape index (κ1) is 19.5. The van der Waals surface area contributed by atoms with E-state index in [4.69, 9.17) is 5.73 Å². The number of hydrogen-bond donors (Lipinski definition) is 4. The molecule has 31 heavy (non-hydrogen) atoms. The zero-order chi connectivity index (χ0) is 21.6. The van der Waals surface area contributed by atoms with E-state index in [0.29, 0.717) is 11.3 Å². The number of nitrogens with zero attached hydrogens (tertiary/aromatic N) is 3. The van der Waals surface area contributed by atoms with Gasteiger partial charge in [-0.1, -0.05) is 19.3 Å². The van der Waals surface area contributed by atoms with Crippen LogP contribution in [0.2, 0.25) is 0 Å². The van der Waals surface area contributed by atoms with Gasteiger partial charge in [0.15, 0.2) is 0 Å². The Morgan fingerprint density at radius 3 is 2.84 bits per heavy atom. The first-order valence-electron chi connectivity index (χ1n) is 10.5. The summed E-state index contributed by atoms with van der Waals surface area (Å²) in [4.78, 5) is 28.8. The van der Waals surface area contributed by atoms with E-state index >= 15 is 0 Å². The summed E-state index contributed by atoms with van der Waals surface area (Å²) in [6, 6.07) is 3.54. The molecule has 3 heterocycles. The predicted molar refractivity (Wildman–Crippen MR) is 119 cm³/mol. The molecule has 5 N–H and O–H groups in total. The molecule has 0 spiro atoms. The maximum atomic E-state index is 12.7. The third kappa shape index (κ3) is 3.61. The van der Waals surface area contributed by atoms with Gasteiger partial charge < -0.3 is 16.0 Å². The molecule has 160 valence electrons. The van der Waals surface area contributed by atoms with Crippen molar-refractivity contribution in [3.8, 4) is 11.3 Å². The Labute approximate surface area is 179 Å². The van der Waals surface area contributed by atoms with E-state index in [9.17, 15) is 9.59 Å². The lowest BCUT2D eigenvalue weighted by atomic mass is 9.80. The highest BCUT2D eigenvalue weighted by Crippen LogP contribution is 2.35. The number of hydrogen-bond acceptors (Lipinski definition) is 5. The smallest absolute Gasteiger partial charge is 0.272 e. The first-order chi connectivity index (χ1) is 14.9. The van der Waals surface area contributed by atoms with Crippen molar-refractivity contribution in [2.45, 2.75) is 44.1 Å². The molecule has 0 unspecified atom stereocenters. The van der Waals surface area contributed by atoms with Crippen molar-refractivity contribution in [3.05, 3.63) is 35.7 Å². The molecular weight excluding hydrogens is 394 g/mol. The van der Waals surface area contributed by atoms with E-state index in [2.05, 4.69) is 25.9 Å². The molecular formula is C22H25N7O2. The van der Waals surface area contributed by atoms with Gasteiger partial charge in [-0.25, -0.2) is 5.43 Å². The second kappa shape index (κ2) is 7.35. The van der Waals surface area contributed by atoms with E-state index in [1.807, 2.05) is 19.3 Å². The van der Waals surface area contributed by atoms with Crippen LogP contribution in [-0.2, 0) is 11.8 Å². The lowest BCUT2D eigenvalue weighted by Crippen LogP contribution is -2.44. The number of aryl methyl sites for hydroxylation is 1. The van der Waals surface area contributed by atoms with Gasteiger partial charge in [0.1, 0.15) is 0 Å².